The molecule has 6 nitrogen and oxygen atoms in total. The van der Waals surface area contributed by atoms with Gasteiger partial charge < -0.3 is 15.4 Å². The van der Waals surface area contributed by atoms with E-state index in [2.05, 4.69) is 0 Å². The summed E-state index contributed by atoms with van der Waals surface area (Å²) in [6.07, 6.45) is 0.166. The van der Waals surface area contributed by atoms with Crippen LogP contribution in [-0.2, 0) is 22.3 Å². The van der Waals surface area contributed by atoms with Crippen molar-refractivity contribution in [3.05, 3.63) is 29.3 Å². The Bertz CT molecular complexity index is 566. The maximum Gasteiger partial charge on any atom is 0.499 e. The van der Waals surface area contributed by atoms with Gasteiger partial charge in [-0.1, -0.05) is 12.1 Å². The fourth-order valence-electron chi connectivity index (χ4n) is 1.84. The second kappa shape index (κ2) is 4.92. The zero-order chi connectivity index (χ0) is 14.2. The number of fused-ring (bicyclic) bond motifs is 1. The van der Waals surface area contributed by atoms with Gasteiger partial charge in [0.2, 0.25) is 0 Å². The Balaban J connectivity index is 2.24. The Morgan fingerprint density at radius 3 is 3.00 bits per heavy atom. The number of nitrogens with zero attached hydrogens (tertiary/aromatic N) is 1. The third kappa shape index (κ3) is 2.94. The molecule has 0 spiro atoms. The lowest BCUT2D eigenvalue weighted by molar-refractivity contribution is -0.138. The van der Waals surface area contributed by atoms with Crippen LogP contribution in [0.1, 0.15) is 11.1 Å². The van der Waals surface area contributed by atoms with Gasteiger partial charge in [0.25, 0.3) is 0 Å². The Hall–Kier alpha value is -1.43. The van der Waals surface area contributed by atoms with Crippen molar-refractivity contribution >= 4 is 13.8 Å². The zero-order valence-corrected chi connectivity index (χ0v) is 11.1. The molecule has 0 saturated heterocycles. The molecule has 0 fully saturated rings. The Morgan fingerprint density at radius 2 is 2.37 bits per heavy atom. The van der Waals surface area contributed by atoms with Crippen molar-refractivity contribution < 1.29 is 23.2 Å². The summed E-state index contributed by atoms with van der Waals surface area (Å²) in [7, 11) is -2.89. The summed E-state index contributed by atoms with van der Waals surface area (Å²) in [6.45, 7) is 0.138. The number of benzene rings is 1. The van der Waals surface area contributed by atoms with Crippen molar-refractivity contribution in [3.8, 4) is 5.75 Å². The molecule has 1 aliphatic rings. The quantitative estimate of drug-likeness (QED) is 0.820. The first-order chi connectivity index (χ1) is 8.79. The molecule has 3 N–H and O–H groups in total. The van der Waals surface area contributed by atoms with Crippen molar-refractivity contribution in [1.29, 1.82) is 0 Å². The van der Waals surface area contributed by atoms with E-state index in [-0.39, 0.29) is 18.7 Å². The van der Waals surface area contributed by atoms with Crippen LogP contribution >= 0.6 is 7.83 Å². The Kier molecular flexibility index (Phi) is 3.62. The highest BCUT2D eigenvalue weighted by atomic mass is 31.2. The average molecular weight is 288 g/mol. The summed E-state index contributed by atoms with van der Waals surface area (Å²) < 4.78 is 30.7. The predicted molar refractivity (Wildman–Crippen MR) is 66.6 cm³/mol. The standard InChI is InChI=1S/C11H14FN2O4P/c1-14-6-8-4-7(5-9(13)11(15)16)2-3-10(8)18-19(14,12)17/h2-4,9H,5-6,13H2,1H3,(H,15,16)/t9-,19?/m0/s1. The molecule has 2 rings (SSSR count). The molecule has 0 radical (unpaired) electrons. The molecule has 0 aromatic heterocycles. The minimum absolute atomic E-state index is 0.138. The molecule has 0 bridgehead atoms. The van der Waals surface area contributed by atoms with Crippen LogP contribution in [0.15, 0.2) is 18.2 Å². The fraction of sp³-hybridized carbons (Fsp3) is 0.364. The number of hydrogen-bond acceptors (Lipinski definition) is 4. The third-order valence-electron chi connectivity index (χ3n) is 2.92. The molecule has 19 heavy (non-hydrogen) atoms. The smallest absolute Gasteiger partial charge is 0.480 e. The van der Waals surface area contributed by atoms with Gasteiger partial charge in [0, 0.05) is 12.1 Å². The first-order valence-corrected chi connectivity index (χ1v) is 7.07. The Morgan fingerprint density at radius 1 is 1.68 bits per heavy atom. The summed E-state index contributed by atoms with van der Waals surface area (Å²) in [5, 5.41) is 8.75. The maximum atomic E-state index is 13.5. The molecule has 2 atom stereocenters. The van der Waals surface area contributed by atoms with E-state index in [4.69, 9.17) is 15.4 Å². The van der Waals surface area contributed by atoms with Crippen molar-refractivity contribution in [2.24, 2.45) is 5.73 Å². The van der Waals surface area contributed by atoms with Crippen molar-refractivity contribution in [3.63, 3.8) is 0 Å². The van der Waals surface area contributed by atoms with Gasteiger partial charge >= 0.3 is 13.8 Å². The van der Waals surface area contributed by atoms with Gasteiger partial charge in [-0.05, 0) is 25.1 Å². The summed E-state index contributed by atoms with van der Waals surface area (Å²) in [5.41, 5.74) is 6.81. The van der Waals surface area contributed by atoms with Gasteiger partial charge in [0.1, 0.15) is 11.8 Å². The number of aliphatic carboxylic acids is 1. The fourth-order valence-corrected chi connectivity index (χ4v) is 2.72. The van der Waals surface area contributed by atoms with E-state index in [1.807, 2.05) is 0 Å². The lowest BCUT2D eigenvalue weighted by Crippen LogP contribution is -2.32. The van der Waals surface area contributed by atoms with Crippen LogP contribution in [0.25, 0.3) is 0 Å². The summed E-state index contributed by atoms with van der Waals surface area (Å²) in [4.78, 5) is 10.7. The van der Waals surface area contributed by atoms with Gasteiger partial charge in [-0.2, -0.15) is 4.67 Å². The monoisotopic (exact) mass is 288 g/mol. The van der Waals surface area contributed by atoms with E-state index in [1.165, 1.54) is 13.1 Å². The molecule has 1 heterocycles. The zero-order valence-electron chi connectivity index (χ0n) is 10.2. The number of rotatable bonds is 3. The minimum Gasteiger partial charge on any atom is -0.480 e. The number of hydrogen-bond donors (Lipinski definition) is 2. The first kappa shape index (κ1) is 14.0. The van der Waals surface area contributed by atoms with E-state index in [0.29, 0.717) is 11.1 Å². The molecule has 1 aromatic carbocycles. The van der Waals surface area contributed by atoms with E-state index < -0.39 is 19.8 Å². The van der Waals surface area contributed by atoms with Gasteiger partial charge in [0.05, 0.1) is 0 Å². The number of carboxylic acids is 1. The molecule has 0 aliphatic carbocycles. The van der Waals surface area contributed by atoms with E-state index >= 15 is 0 Å². The molecular weight excluding hydrogens is 274 g/mol. The first-order valence-electron chi connectivity index (χ1n) is 5.60. The molecule has 8 heteroatoms. The van der Waals surface area contributed by atoms with Gasteiger partial charge in [-0.15, -0.1) is 4.20 Å². The average Bonchev–Trinajstić information content (AvgIpc) is 2.30. The predicted octanol–water partition coefficient (Wildman–Crippen LogP) is 1.54. The van der Waals surface area contributed by atoms with Gasteiger partial charge in [-0.3, -0.25) is 4.79 Å². The lowest BCUT2D eigenvalue weighted by atomic mass is 10.0. The van der Waals surface area contributed by atoms with Crippen LogP contribution in [0.4, 0.5) is 4.20 Å². The van der Waals surface area contributed by atoms with Crippen LogP contribution < -0.4 is 10.3 Å². The van der Waals surface area contributed by atoms with Crippen molar-refractivity contribution in [2.75, 3.05) is 7.05 Å². The van der Waals surface area contributed by atoms with Crippen molar-refractivity contribution in [2.45, 2.75) is 19.0 Å². The molecule has 1 aromatic rings. The van der Waals surface area contributed by atoms with E-state index in [9.17, 15) is 13.6 Å². The largest absolute Gasteiger partial charge is 0.499 e. The highest BCUT2D eigenvalue weighted by molar-refractivity contribution is 7.51. The summed E-state index contributed by atoms with van der Waals surface area (Å²) >= 11 is 0. The molecule has 1 aliphatic heterocycles. The van der Waals surface area contributed by atoms with E-state index in [0.717, 1.165) is 4.67 Å². The Labute approximate surface area is 109 Å². The molecule has 0 amide bonds. The van der Waals surface area contributed by atoms with Crippen molar-refractivity contribution in [1.82, 2.24) is 4.67 Å². The number of carboxylic acid groups (broad SMARTS) is 1. The summed E-state index contributed by atoms with van der Waals surface area (Å²) in [6, 6.07) is 3.77. The van der Waals surface area contributed by atoms with Crippen LogP contribution in [0.2, 0.25) is 0 Å². The molecule has 104 valence electrons. The summed E-state index contributed by atoms with van der Waals surface area (Å²) in [5.74, 6) is -0.865. The van der Waals surface area contributed by atoms with Crippen LogP contribution in [-0.4, -0.2) is 28.8 Å². The van der Waals surface area contributed by atoms with Crippen LogP contribution in [0.5, 0.6) is 5.75 Å². The van der Waals surface area contributed by atoms with E-state index in [1.54, 1.807) is 12.1 Å². The number of nitrogens with two attached hydrogens (primary N) is 1. The highest BCUT2D eigenvalue weighted by Crippen LogP contribution is 2.56. The van der Waals surface area contributed by atoms with Crippen LogP contribution in [0.3, 0.4) is 0 Å². The highest BCUT2D eigenvalue weighted by Gasteiger charge is 2.36. The third-order valence-corrected chi connectivity index (χ3v) is 4.29. The number of carbonyl (C=O) groups is 1. The molecule has 1 unspecified atom stereocenters. The SMILES string of the molecule is CN1Cc2cc(C[C@H](N)C(=O)O)ccc2OP1(=O)F. The topological polar surface area (TPSA) is 92.9 Å². The van der Waals surface area contributed by atoms with Crippen LogP contribution in [0, 0.1) is 0 Å². The maximum absolute atomic E-state index is 13.5. The molecule has 0 saturated carbocycles. The number of halogens is 1. The molecular formula is C11H14FN2O4P. The van der Waals surface area contributed by atoms with Gasteiger partial charge in [0.15, 0.2) is 0 Å². The second-order valence-electron chi connectivity index (χ2n) is 4.45. The second-order valence-corrected chi connectivity index (χ2v) is 6.22. The normalized spacial score (nSPS) is 24.4. The minimum atomic E-state index is -4.25. The lowest BCUT2D eigenvalue weighted by Gasteiger charge is -2.28. The van der Waals surface area contributed by atoms with Gasteiger partial charge in [-0.25, -0.2) is 4.57 Å².